The Kier molecular flexibility index (Phi) is 4.13. The van der Waals surface area contributed by atoms with Gasteiger partial charge in [-0.05, 0) is 13.3 Å². The molecule has 1 aliphatic carbocycles. The maximum absolute atomic E-state index is 4.06. The number of rotatable bonds is 2. The van der Waals surface area contributed by atoms with E-state index in [9.17, 15) is 0 Å². The summed E-state index contributed by atoms with van der Waals surface area (Å²) in [5.41, 5.74) is 1.70. The molecular formula is C12H17IN2. The number of nitrogens with zero attached hydrogens (tertiary/aromatic N) is 2. The van der Waals surface area contributed by atoms with Crippen LogP contribution in [0.2, 0.25) is 0 Å². The maximum Gasteiger partial charge on any atom is 0.0946 e. The number of imidazole rings is 1. The smallest absolute Gasteiger partial charge is 0.0946 e. The first-order valence-corrected chi connectivity index (χ1v) is 4.99. The van der Waals surface area contributed by atoms with Crippen LogP contribution in [0, 0.1) is 5.41 Å². The highest BCUT2D eigenvalue weighted by molar-refractivity contribution is 14.0. The molecule has 3 heteroatoms. The Labute approximate surface area is 108 Å². The number of halogens is 1. The standard InChI is InChI=1S/C12H16N2.HI/c1-11-4-3-5-12(2,8-11)9-14-7-6-13-10-14;/h3-7,10H,8-9H2,1-2H3;1H. The topological polar surface area (TPSA) is 17.8 Å². The van der Waals surface area contributed by atoms with Crippen LogP contribution in [0.15, 0.2) is 42.5 Å². The van der Waals surface area contributed by atoms with Crippen molar-refractivity contribution < 1.29 is 0 Å². The zero-order valence-electron chi connectivity index (χ0n) is 9.18. The second-order valence-electron chi connectivity index (χ2n) is 4.44. The fourth-order valence-corrected chi connectivity index (χ4v) is 2.11. The van der Waals surface area contributed by atoms with Gasteiger partial charge in [0.25, 0.3) is 0 Å². The summed E-state index contributed by atoms with van der Waals surface area (Å²) in [6, 6.07) is 0. The van der Waals surface area contributed by atoms with Gasteiger partial charge in [-0.1, -0.05) is 30.7 Å². The fraction of sp³-hybridized carbons (Fsp3) is 0.417. The van der Waals surface area contributed by atoms with Crippen LogP contribution in [-0.4, -0.2) is 9.55 Å². The lowest BCUT2D eigenvalue weighted by atomic mass is 9.80. The molecule has 0 saturated heterocycles. The van der Waals surface area contributed by atoms with Gasteiger partial charge >= 0.3 is 0 Å². The molecular weight excluding hydrogens is 299 g/mol. The molecule has 15 heavy (non-hydrogen) atoms. The van der Waals surface area contributed by atoms with Crippen LogP contribution >= 0.6 is 24.0 Å². The van der Waals surface area contributed by atoms with Crippen LogP contribution in [-0.2, 0) is 6.54 Å². The molecule has 0 N–H and O–H groups in total. The molecule has 0 amide bonds. The van der Waals surface area contributed by atoms with E-state index in [1.165, 1.54) is 5.57 Å². The summed E-state index contributed by atoms with van der Waals surface area (Å²) in [5.74, 6) is 0. The third kappa shape index (κ3) is 3.19. The Morgan fingerprint density at radius 2 is 2.33 bits per heavy atom. The van der Waals surface area contributed by atoms with Crippen LogP contribution in [0.4, 0.5) is 0 Å². The van der Waals surface area contributed by atoms with Crippen LogP contribution in [0.1, 0.15) is 20.3 Å². The maximum atomic E-state index is 4.06. The Morgan fingerprint density at radius 3 is 2.93 bits per heavy atom. The largest absolute Gasteiger partial charge is 0.337 e. The lowest BCUT2D eigenvalue weighted by Crippen LogP contribution is -2.22. The van der Waals surface area contributed by atoms with Crippen molar-refractivity contribution in [1.29, 1.82) is 0 Å². The van der Waals surface area contributed by atoms with E-state index in [1.54, 1.807) is 0 Å². The number of hydrogen-bond donors (Lipinski definition) is 0. The minimum absolute atomic E-state index is 0. The van der Waals surface area contributed by atoms with Crippen molar-refractivity contribution in [3.63, 3.8) is 0 Å². The van der Waals surface area contributed by atoms with Crippen molar-refractivity contribution in [1.82, 2.24) is 9.55 Å². The van der Waals surface area contributed by atoms with E-state index in [0.717, 1.165) is 13.0 Å². The van der Waals surface area contributed by atoms with Gasteiger partial charge in [0.15, 0.2) is 0 Å². The Hall–Kier alpha value is -0.580. The molecule has 1 aliphatic rings. The van der Waals surface area contributed by atoms with Crippen LogP contribution in [0.25, 0.3) is 0 Å². The van der Waals surface area contributed by atoms with Crippen molar-refractivity contribution in [3.05, 3.63) is 42.5 Å². The fourth-order valence-electron chi connectivity index (χ4n) is 2.11. The molecule has 1 heterocycles. The van der Waals surface area contributed by atoms with Crippen molar-refractivity contribution in [3.8, 4) is 0 Å². The summed E-state index contributed by atoms with van der Waals surface area (Å²) in [7, 11) is 0. The van der Waals surface area contributed by atoms with Gasteiger partial charge in [-0.3, -0.25) is 0 Å². The van der Waals surface area contributed by atoms with E-state index in [1.807, 2.05) is 18.7 Å². The molecule has 0 fully saturated rings. The highest BCUT2D eigenvalue weighted by atomic mass is 127. The Morgan fingerprint density at radius 1 is 1.53 bits per heavy atom. The van der Waals surface area contributed by atoms with Gasteiger partial charge in [0.1, 0.15) is 0 Å². The summed E-state index contributed by atoms with van der Waals surface area (Å²) >= 11 is 0. The van der Waals surface area contributed by atoms with Crippen molar-refractivity contribution in [2.45, 2.75) is 26.8 Å². The average molecular weight is 316 g/mol. The van der Waals surface area contributed by atoms with E-state index < -0.39 is 0 Å². The van der Waals surface area contributed by atoms with Crippen LogP contribution < -0.4 is 0 Å². The monoisotopic (exact) mass is 316 g/mol. The third-order valence-electron chi connectivity index (χ3n) is 2.66. The van der Waals surface area contributed by atoms with Gasteiger partial charge < -0.3 is 4.57 Å². The lowest BCUT2D eigenvalue weighted by Gasteiger charge is -2.29. The molecule has 1 unspecified atom stereocenters. The number of aromatic nitrogens is 2. The second-order valence-corrected chi connectivity index (χ2v) is 4.44. The van der Waals surface area contributed by atoms with E-state index in [2.05, 4.69) is 41.6 Å². The van der Waals surface area contributed by atoms with E-state index >= 15 is 0 Å². The zero-order chi connectivity index (χ0) is 10.0. The zero-order valence-corrected chi connectivity index (χ0v) is 11.5. The van der Waals surface area contributed by atoms with E-state index in [0.29, 0.717) is 0 Å². The first kappa shape index (κ1) is 12.5. The van der Waals surface area contributed by atoms with Gasteiger partial charge in [0, 0.05) is 24.4 Å². The Bertz CT molecular complexity index is 365. The predicted octanol–water partition coefficient (Wildman–Crippen LogP) is 3.41. The quantitative estimate of drug-likeness (QED) is 0.765. The molecule has 1 aromatic rings. The minimum Gasteiger partial charge on any atom is -0.337 e. The first-order valence-electron chi connectivity index (χ1n) is 4.99. The number of allylic oxidation sites excluding steroid dienone is 4. The van der Waals surface area contributed by atoms with Crippen molar-refractivity contribution >= 4 is 24.0 Å². The van der Waals surface area contributed by atoms with Gasteiger partial charge in [-0.2, -0.15) is 0 Å². The molecule has 0 saturated carbocycles. The second kappa shape index (κ2) is 4.96. The first-order chi connectivity index (χ1) is 6.68. The van der Waals surface area contributed by atoms with Gasteiger partial charge in [-0.15, -0.1) is 24.0 Å². The van der Waals surface area contributed by atoms with E-state index in [-0.39, 0.29) is 29.4 Å². The van der Waals surface area contributed by atoms with Crippen LogP contribution in [0.3, 0.4) is 0 Å². The lowest BCUT2D eigenvalue weighted by molar-refractivity contribution is 0.350. The van der Waals surface area contributed by atoms with E-state index in [4.69, 9.17) is 0 Å². The minimum atomic E-state index is 0. The van der Waals surface area contributed by atoms with Gasteiger partial charge in [0.05, 0.1) is 6.33 Å². The predicted molar refractivity (Wildman–Crippen MR) is 73.3 cm³/mol. The normalized spacial score (nSPS) is 24.5. The van der Waals surface area contributed by atoms with Crippen molar-refractivity contribution in [2.75, 3.05) is 0 Å². The molecule has 0 spiro atoms. The third-order valence-corrected chi connectivity index (χ3v) is 2.66. The molecule has 0 bridgehead atoms. The summed E-state index contributed by atoms with van der Waals surface area (Å²) in [6.45, 7) is 5.49. The average Bonchev–Trinajstić information content (AvgIpc) is 2.55. The molecule has 82 valence electrons. The number of hydrogen-bond acceptors (Lipinski definition) is 1. The molecule has 0 aliphatic heterocycles. The summed E-state index contributed by atoms with van der Waals surface area (Å²) < 4.78 is 2.14. The van der Waals surface area contributed by atoms with Gasteiger partial charge in [-0.25, -0.2) is 4.98 Å². The summed E-state index contributed by atoms with van der Waals surface area (Å²) in [5, 5.41) is 0. The molecule has 1 aromatic heterocycles. The summed E-state index contributed by atoms with van der Waals surface area (Å²) in [6.07, 6.45) is 13.5. The highest BCUT2D eigenvalue weighted by Crippen LogP contribution is 2.32. The molecule has 2 rings (SSSR count). The Balaban J connectivity index is 0.00000112. The molecule has 0 aromatic carbocycles. The highest BCUT2D eigenvalue weighted by Gasteiger charge is 2.23. The molecule has 2 nitrogen and oxygen atoms in total. The van der Waals surface area contributed by atoms with Gasteiger partial charge in [0.2, 0.25) is 0 Å². The molecule has 1 atom stereocenters. The van der Waals surface area contributed by atoms with Crippen LogP contribution in [0.5, 0.6) is 0 Å². The van der Waals surface area contributed by atoms with Crippen molar-refractivity contribution in [2.24, 2.45) is 5.41 Å². The SMILES string of the molecule is CC1=CC=CC(C)(Cn2ccnc2)C1.I. The summed E-state index contributed by atoms with van der Waals surface area (Å²) in [4.78, 5) is 4.06. The molecule has 0 radical (unpaired) electrons.